The summed E-state index contributed by atoms with van der Waals surface area (Å²) in [5.41, 5.74) is 7.58. The van der Waals surface area contributed by atoms with Crippen LogP contribution >= 0.6 is 0 Å². The lowest BCUT2D eigenvalue weighted by molar-refractivity contribution is -0.117. The third-order valence-electron chi connectivity index (χ3n) is 3.48. The number of nitrogens with two attached hydrogens (primary N) is 1. The molecule has 2 amide bonds. The van der Waals surface area contributed by atoms with E-state index in [0.29, 0.717) is 24.2 Å². The van der Waals surface area contributed by atoms with Gasteiger partial charge in [-0.3, -0.25) is 14.6 Å². The van der Waals surface area contributed by atoms with Crippen molar-refractivity contribution in [1.29, 1.82) is 0 Å². The molecule has 0 saturated carbocycles. The van der Waals surface area contributed by atoms with Crippen LogP contribution in [0.3, 0.4) is 0 Å². The van der Waals surface area contributed by atoms with Gasteiger partial charge in [0.2, 0.25) is 5.91 Å². The van der Waals surface area contributed by atoms with Crippen LogP contribution in [0.5, 0.6) is 0 Å². The summed E-state index contributed by atoms with van der Waals surface area (Å²) in [5, 5.41) is 5.54. The van der Waals surface area contributed by atoms with Crippen LogP contribution in [0, 0.1) is 0 Å². The third-order valence-corrected chi connectivity index (χ3v) is 3.48. The number of amides is 2. The zero-order chi connectivity index (χ0) is 17.4. The van der Waals surface area contributed by atoms with Gasteiger partial charge in [0.1, 0.15) is 0 Å². The molecule has 2 aromatic rings. The molecule has 4 N–H and O–H groups in total. The van der Waals surface area contributed by atoms with Crippen molar-refractivity contribution in [1.82, 2.24) is 10.3 Å². The predicted octanol–water partition coefficient (Wildman–Crippen LogP) is 2.08. The minimum Gasteiger partial charge on any atom is -0.346 e. The average molecular weight is 326 g/mol. The van der Waals surface area contributed by atoms with Crippen molar-refractivity contribution >= 4 is 17.5 Å². The zero-order valence-electron chi connectivity index (χ0n) is 13.7. The fraction of sp³-hybridized carbons (Fsp3) is 0.278. The molecule has 1 aromatic heterocycles. The van der Waals surface area contributed by atoms with Crippen molar-refractivity contribution in [2.24, 2.45) is 5.73 Å². The Morgan fingerprint density at radius 3 is 2.75 bits per heavy atom. The molecule has 0 radical (unpaired) electrons. The van der Waals surface area contributed by atoms with E-state index in [1.165, 1.54) is 0 Å². The van der Waals surface area contributed by atoms with E-state index in [9.17, 15) is 9.59 Å². The summed E-state index contributed by atoms with van der Waals surface area (Å²) in [7, 11) is 0. The van der Waals surface area contributed by atoms with Crippen LogP contribution in [0.2, 0.25) is 0 Å². The maximum atomic E-state index is 12.2. The highest BCUT2D eigenvalue weighted by Gasteiger charge is 2.13. The van der Waals surface area contributed by atoms with E-state index in [1.54, 1.807) is 30.5 Å². The summed E-state index contributed by atoms with van der Waals surface area (Å²) >= 11 is 0. The molecule has 0 saturated heterocycles. The summed E-state index contributed by atoms with van der Waals surface area (Å²) in [6.07, 6.45) is 3.14. The second kappa shape index (κ2) is 8.79. The number of carbonyl (C=O) groups excluding carboxylic acids is 2. The van der Waals surface area contributed by atoms with E-state index in [1.807, 2.05) is 25.1 Å². The SMILES string of the molecule is CCCC(N)C(=O)Nc1cccc(C(=O)NCc2ccccn2)c1. The van der Waals surface area contributed by atoms with E-state index in [4.69, 9.17) is 5.73 Å². The average Bonchev–Trinajstić information content (AvgIpc) is 2.61. The minimum absolute atomic E-state index is 0.227. The molecule has 0 aliphatic carbocycles. The van der Waals surface area contributed by atoms with Crippen LogP contribution in [-0.4, -0.2) is 22.8 Å². The lowest BCUT2D eigenvalue weighted by atomic mass is 10.1. The van der Waals surface area contributed by atoms with E-state index < -0.39 is 6.04 Å². The lowest BCUT2D eigenvalue weighted by Gasteiger charge is -2.12. The Kier molecular flexibility index (Phi) is 6.45. The number of pyridine rings is 1. The zero-order valence-corrected chi connectivity index (χ0v) is 13.7. The van der Waals surface area contributed by atoms with Gasteiger partial charge >= 0.3 is 0 Å². The standard InChI is InChI=1S/C18H22N4O2/c1-2-6-16(19)18(24)22-14-9-5-7-13(11-14)17(23)21-12-15-8-3-4-10-20-15/h3-5,7-11,16H,2,6,12,19H2,1H3,(H,21,23)(H,22,24). The van der Waals surface area contributed by atoms with Crippen molar-refractivity contribution < 1.29 is 9.59 Å². The number of hydrogen-bond donors (Lipinski definition) is 3. The largest absolute Gasteiger partial charge is 0.346 e. The number of aromatic nitrogens is 1. The molecular formula is C18H22N4O2. The number of benzene rings is 1. The van der Waals surface area contributed by atoms with Crippen LogP contribution in [0.4, 0.5) is 5.69 Å². The van der Waals surface area contributed by atoms with Crippen LogP contribution < -0.4 is 16.4 Å². The molecule has 2 rings (SSSR count). The summed E-state index contributed by atoms with van der Waals surface area (Å²) in [6, 6.07) is 11.7. The molecule has 0 spiro atoms. The van der Waals surface area contributed by atoms with Crippen molar-refractivity contribution in [2.75, 3.05) is 5.32 Å². The van der Waals surface area contributed by atoms with Gasteiger partial charge in [-0.15, -0.1) is 0 Å². The summed E-state index contributed by atoms with van der Waals surface area (Å²) < 4.78 is 0. The third kappa shape index (κ3) is 5.17. The van der Waals surface area contributed by atoms with Crippen molar-refractivity contribution in [3.63, 3.8) is 0 Å². The first kappa shape index (κ1) is 17.6. The summed E-state index contributed by atoms with van der Waals surface area (Å²) in [5.74, 6) is -0.475. The molecule has 1 atom stereocenters. The van der Waals surface area contributed by atoms with Gasteiger partial charge < -0.3 is 16.4 Å². The Hall–Kier alpha value is -2.73. The molecule has 126 valence electrons. The van der Waals surface area contributed by atoms with Gasteiger partial charge in [0.05, 0.1) is 18.3 Å². The molecule has 0 aliphatic heterocycles. The molecular weight excluding hydrogens is 304 g/mol. The molecule has 0 bridgehead atoms. The number of nitrogens with one attached hydrogen (secondary N) is 2. The van der Waals surface area contributed by atoms with Crippen molar-refractivity contribution in [3.8, 4) is 0 Å². The van der Waals surface area contributed by atoms with Gasteiger partial charge in [0.15, 0.2) is 0 Å². The summed E-state index contributed by atoms with van der Waals surface area (Å²) in [6.45, 7) is 2.32. The maximum absolute atomic E-state index is 12.2. The van der Waals surface area contributed by atoms with Crippen molar-refractivity contribution in [2.45, 2.75) is 32.4 Å². The van der Waals surface area contributed by atoms with E-state index in [2.05, 4.69) is 15.6 Å². The first-order valence-electron chi connectivity index (χ1n) is 7.94. The molecule has 0 aliphatic rings. The fourth-order valence-corrected chi connectivity index (χ4v) is 2.19. The normalized spacial score (nSPS) is 11.6. The van der Waals surface area contributed by atoms with Gasteiger partial charge in [-0.05, 0) is 36.8 Å². The second-order valence-electron chi connectivity index (χ2n) is 5.47. The Balaban J connectivity index is 1.96. The highest BCUT2D eigenvalue weighted by molar-refractivity contribution is 5.98. The van der Waals surface area contributed by atoms with Crippen LogP contribution in [0.1, 0.15) is 35.8 Å². The number of nitrogens with zero attached hydrogens (tertiary/aromatic N) is 1. The lowest BCUT2D eigenvalue weighted by Crippen LogP contribution is -2.35. The molecule has 24 heavy (non-hydrogen) atoms. The van der Waals surface area contributed by atoms with Gasteiger partial charge in [-0.2, -0.15) is 0 Å². The number of carbonyl (C=O) groups is 2. The number of anilines is 1. The molecule has 1 heterocycles. The minimum atomic E-state index is -0.545. The number of hydrogen-bond acceptors (Lipinski definition) is 4. The Morgan fingerprint density at radius 1 is 1.21 bits per heavy atom. The van der Waals surface area contributed by atoms with Crippen LogP contribution in [-0.2, 0) is 11.3 Å². The van der Waals surface area contributed by atoms with Gasteiger partial charge in [0.25, 0.3) is 5.91 Å². The number of rotatable bonds is 7. The van der Waals surface area contributed by atoms with Crippen LogP contribution in [0.25, 0.3) is 0 Å². The molecule has 1 aromatic carbocycles. The predicted molar refractivity (Wildman–Crippen MR) is 93.4 cm³/mol. The Morgan fingerprint density at radius 2 is 2.04 bits per heavy atom. The smallest absolute Gasteiger partial charge is 0.251 e. The Labute approximate surface area is 141 Å². The van der Waals surface area contributed by atoms with Gasteiger partial charge in [-0.25, -0.2) is 0 Å². The molecule has 1 unspecified atom stereocenters. The topological polar surface area (TPSA) is 97.1 Å². The fourth-order valence-electron chi connectivity index (χ4n) is 2.19. The van der Waals surface area contributed by atoms with Gasteiger partial charge in [-0.1, -0.05) is 25.5 Å². The highest BCUT2D eigenvalue weighted by Crippen LogP contribution is 2.12. The molecule has 6 heteroatoms. The van der Waals surface area contributed by atoms with Gasteiger partial charge in [0, 0.05) is 17.4 Å². The first-order chi connectivity index (χ1) is 11.6. The van der Waals surface area contributed by atoms with E-state index in [0.717, 1.165) is 12.1 Å². The second-order valence-corrected chi connectivity index (χ2v) is 5.47. The van der Waals surface area contributed by atoms with Crippen molar-refractivity contribution in [3.05, 3.63) is 59.9 Å². The monoisotopic (exact) mass is 326 g/mol. The van der Waals surface area contributed by atoms with Crippen LogP contribution in [0.15, 0.2) is 48.7 Å². The molecule has 0 fully saturated rings. The Bertz CT molecular complexity index is 688. The quantitative estimate of drug-likeness (QED) is 0.725. The van der Waals surface area contributed by atoms with E-state index in [-0.39, 0.29) is 11.8 Å². The highest BCUT2D eigenvalue weighted by atomic mass is 16.2. The first-order valence-corrected chi connectivity index (χ1v) is 7.94. The summed E-state index contributed by atoms with van der Waals surface area (Å²) in [4.78, 5) is 28.3. The maximum Gasteiger partial charge on any atom is 0.251 e. The molecule has 6 nitrogen and oxygen atoms in total. The van der Waals surface area contributed by atoms with E-state index >= 15 is 0 Å².